The van der Waals surface area contributed by atoms with Gasteiger partial charge in [0, 0.05) is 11.5 Å². The summed E-state index contributed by atoms with van der Waals surface area (Å²) in [6.07, 6.45) is 1.87. The van der Waals surface area contributed by atoms with E-state index in [4.69, 9.17) is 9.47 Å². The number of carbonyl (C=O) groups is 2. The highest BCUT2D eigenvalue weighted by Gasteiger charge is 2.38. The van der Waals surface area contributed by atoms with Crippen LogP contribution in [0.25, 0.3) is 6.08 Å². The maximum atomic E-state index is 13.1. The van der Waals surface area contributed by atoms with E-state index in [1.807, 2.05) is 24.3 Å². The number of benzene rings is 3. The number of phenolic OH excluding ortho intramolecular Hbond substituents is 1. The molecule has 2 aliphatic heterocycles. The first-order valence-corrected chi connectivity index (χ1v) is 10.6. The quantitative estimate of drug-likeness (QED) is 0.337. The van der Waals surface area contributed by atoms with Crippen molar-refractivity contribution in [2.24, 2.45) is 0 Å². The summed E-state index contributed by atoms with van der Waals surface area (Å²) in [6.45, 7) is 4.27. The van der Waals surface area contributed by atoms with Gasteiger partial charge in [-0.3, -0.25) is 9.59 Å². The molecule has 3 aromatic carbocycles. The van der Waals surface area contributed by atoms with Crippen LogP contribution in [0, 0.1) is 0 Å². The lowest BCUT2D eigenvalue weighted by atomic mass is 9.84. The van der Waals surface area contributed by atoms with Crippen LogP contribution in [0.5, 0.6) is 17.2 Å². The van der Waals surface area contributed by atoms with E-state index >= 15 is 0 Å². The molecule has 0 spiro atoms. The third kappa shape index (κ3) is 3.46. The van der Waals surface area contributed by atoms with E-state index < -0.39 is 0 Å². The monoisotopic (exact) mass is 426 g/mol. The van der Waals surface area contributed by atoms with Crippen molar-refractivity contribution in [1.82, 2.24) is 0 Å². The van der Waals surface area contributed by atoms with Gasteiger partial charge in [0.2, 0.25) is 5.78 Å². The molecule has 2 heterocycles. The molecule has 0 aromatic heterocycles. The van der Waals surface area contributed by atoms with Crippen molar-refractivity contribution in [3.05, 3.63) is 94.2 Å². The molecule has 5 rings (SSSR count). The van der Waals surface area contributed by atoms with Gasteiger partial charge in [0.05, 0.1) is 12.0 Å². The predicted molar refractivity (Wildman–Crippen MR) is 120 cm³/mol. The number of ketones is 1. The molecule has 0 bridgehead atoms. The largest absolute Gasteiger partial charge is 0.508 e. The minimum atomic E-state index is -0.346. The summed E-state index contributed by atoms with van der Waals surface area (Å²) in [5, 5.41) is 9.65. The number of aromatic hydroxyl groups is 1. The lowest BCUT2D eigenvalue weighted by Gasteiger charge is -2.26. The summed E-state index contributed by atoms with van der Waals surface area (Å²) in [5.41, 5.74) is 4.07. The molecule has 0 saturated carbocycles. The van der Waals surface area contributed by atoms with Gasteiger partial charge in [0.15, 0.2) is 5.76 Å². The molecule has 160 valence electrons. The van der Waals surface area contributed by atoms with E-state index in [-0.39, 0.29) is 35.6 Å². The first-order chi connectivity index (χ1) is 15.4. The molecule has 1 N–H and O–H groups in total. The van der Waals surface area contributed by atoms with Crippen molar-refractivity contribution in [3.8, 4) is 17.2 Å². The summed E-state index contributed by atoms with van der Waals surface area (Å²) in [5.74, 6) is 0.767. The fourth-order valence-electron chi connectivity index (χ4n) is 4.23. The fraction of sp³-hybridized carbons (Fsp3) is 0.185. The Morgan fingerprint density at radius 2 is 1.66 bits per heavy atom. The second-order valence-corrected chi connectivity index (χ2v) is 8.44. The van der Waals surface area contributed by atoms with Gasteiger partial charge >= 0.3 is 5.97 Å². The van der Waals surface area contributed by atoms with Crippen molar-refractivity contribution in [1.29, 1.82) is 0 Å². The van der Waals surface area contributed by atoms with Gasteiger partial charge in [0.25, 0.3) is 0 Å². The van der Waals surface area contributed by atoms with Crippen LogP contribution < -0.4 is 9.47 Å². The highest BCUT2D eigenvalue weighted by Crippen LogP contribution is 2.49. The molecule has 3 aromatic rings. The van der Waals surface area contributed by atoms with Gasteiger partial charge < -0.3 is 14.6 Å². The Morgan fingerprint density at radius 3 is 2.34 bits per heavy atom. The van der Waals surface area contributed by atoms with Gasteiger partial charge in [0.1, 0.15) is 17.2 Å². The van der Waals surface area contributed by atoms with Gasteiger partial charge in [-0.15, -0.1) is 0 Å². The Balaban J connectivity index is 1.55. The second-order valence-electron chi connectivity index (χ2n) is 8.44. The lowest BCUT2D eigenvalue weighted by Crippen LogP contribution is -2.21. The normalized spacial score (nSPS) is 18.3. The zero-order valence-corrected chi connectivity index (χ0v) is 17.8. The van der Waals surface area contributed by atoms with Crippen LogP contribution in [0.15, 0.2) is 66.4 Å². The number of hydrogen-bond donors (Lipinski definition) is 1. The van der Waals surface area contributed by atoms with E-state index in [1.165, 1.54) is 5.56 Å². The Morgan fingerprint density at radius 1 is 0.938 bits per heavy atom. The number of esters is 1. The Bertz CT molecular complexity index is 1250. The number of fused-ring (bicyclic) bond motifs is 3. The number of hydrogen-bond acceptors (Lipinski definition) is 5. The fourth-order valence-corrected chi connectivity index (χ4v) is 4.23. The molecule has 0 saturated heterocycles. The van der Waals surface area contributed by atoms with Crippen LogP contribution in [0.3, 0.4) is 0 Å². The molecular weight excluding hydrogens is 404 g/mol. The Labute approximate surface area is 185 Å². The zero-order chi connectivity index (χ0) is 22.4. The topological polar surface area (TPSA) is 72.8 Å². The summed E-state index contributed by atoms with van der Waals surface area (Å²) < 4.78 is 11.5. The molecule has 0 radical (unpaired) electrons. The van der Waals surface area contributed by atoms with Crippen LogP contribution in [0.1, 0.15) is 64.7 Å². The number of Topliss-reactive ketones (excluding diaryl/α,β-unsaturated/α-hetero) is 1. The van der Waals surface area contributed by atoms with Gasteiger partial charge in [-0.25, -0.2) is 0 Å². The van der Waals surface area contributed by atoms with Gasteiger partial charge in [-0.2, -0.15) is 0 Å². The SMILES string of the molecule is CC(C)c1ccc(/C=C2\Oc3c(ccc4c3C(c3ccc(O)cc3)CC(=O)O4)C2=O)cc1. The van der Waals surface area contributed by atoms with Crippen molar-refractivity contribution in [2.75, 3.05) is 0 Å². The Hall–Kier alpha value is -3.86. The van der Waals surface area contributed by atoms with E-state index in [1.54, 1.807) is 42.5 Å². The smallest absolute Gasteiger partial charge is 0.312 e. The third-order valence-electron chi connectivity index (χ3n) is 5.98. The van der Waals surface area contributed by atoms with Crippen molar-refractivity contribution in [3.63, 3.8) is 0 Å². The maximum Gasteiger partial charge on any atom is 0.312 e. The van der Waals surface area contributed by atoms with E-state index in [2.05, 4.69) is 13.8 Å². The van der Waals surface area contributed by atoms with E-state index in [0.717, 1.165) is 11.1 Å². The highest BCUT2D eigenvalue weighted by atomic mass is 16.5. The number of phenols is 1. The molecule has 0 fully saturated rings. The summed E-state index contributed by atoms with van der Waals surface area (Å²) in [7, 11) is 0. The average Bonchev–Trinajstić information content (AvgIpc) is 3.09. The average molecular weight is 426 g/mol. The molecule has 1 atom stereocenters. The minimum Gasteiger partial charge on any atom is -0.508 e. The van der Waals surface area contributed by atoms with Gasteiger partial charge in [-0.1, -0.05) is 50.2 Å². The molecule has 1 unspecified atom stereocenters. The number of rotatable bonds is 3. The summed E-state index contributed by atoms with van der Waals surface area (Å²) in [6, 6.07) is 18.0. The third-order valence-corrected chi connectivity index (χ3v) is 5.98. The molecule has 32 heavy (non-hydrogen) atoms. The molecule has 0 amide bonds. The molecular formula is C27H22O5. The van der Waals surface area contributed by atoms with Crippen LogP contribution in [-0.4, -0.2) is 16.9 Å². The van der Waals surface area contributed by atoms with Crippen LogP contribution >= 0.6 is 0 Å². The second kappa shape index (κ2) is 7.68. The number of allylic oxidation sites excluding steroid dienone is 1. The minimum absolute atomic E-state index is 0.126. The first kappa shape index (κ1) is 20.1. The standard InChI is InChI=1S/C27H22O5/c1-15(2)17-5-3-16(4-6-17)13-23-26(30)20-11-12-22-25(27(20)32-23)21(14-24(29)31-22)18-7-9-19(28)10-8-18/h3-13,15,21,28H,14H2,1-2H3/b23-13-. The van der Waals surface area contributed by atoms with Crippen molar-refractivity contribution >= 4 is 17.8 Å². The van der Waals surface area contributed by atoms with E-state index in [0.29, 0.717) is 28.5 Å². The first-order valence-electron chi connectivity index (χ1n) is 10.6. The highest BCUT2D eigenvalue weighted by molar-refractivity contribution is 6.15. The molecule has 2 aliphatic rings. The lowest BCUT2D eigenvalue weighted by molar-refractivity contribution is -0.135. The van der Waals surface area contributed by atoms with Crippen LogP contribution in [0.4, 0.5) is 0 Å². The number of carbonyl (C=O) groups excluding carboxylic acids is 2. The molecule has 5 heteroatoms. The van der Waals surface area contributed by atoms with Crippen molar-refractivity contribution in [2.45, 2.75) is 32.1 Å². The predicted octanol–water partition coefficient (Wildman–Crippen LogP) is 5.57. The molecule has 0 aliphatic carbocycles. The maximum absolute atomic E-state index is 13.1. The summed E-state index contributed by atoms with van der Waals surface area (Å²) in [4.78, 5) is 25.3. The summed E-state index contributed by atoms with van der Waals surface area (Å²) >= 11 is 0. The zero-order valence-electron chi connectivity index (χ0n) is 17.8. The van der Waals surface area contributed by atoms with Gasteiger partial charge in [-0.05, 0) is 52.9 Å². The number of ether oxygens (including phenoxy) is 2. The molecule has 5 nitrogen and oxygen atoms in total. The Kier molecular flexibility index (Phi) is 4.82. The van der Waals surface area contributed by atoms with E-state index in [9.17, 15) is 14.7 Å². The van der Waals surface area contributed by atoms with Crippen LogP contribution in [-0.2, 0) is 4.79 Å². The van der Waals surface area contributed by atoms with Crippen molar-refractivity contribution < 1.29 is 24.2 Å². The van der Waals surface area contributed by atoms with Crippen LogP contribution in [0.2, 0.25) is 0 Å².